The first kappa shape index (κ1) is 15.9. The summed E-state index contributed by atoms with van der Waals surface area (Å²) in [7, 11) is 0. The molecule has 0 fully saturated rings. The largest absolute Gasteiger partial charge is 0.469 e. The second-order valence-corrected chi connectivity index (χ2v) is 6.93. The second kappa shape index (κ2) is 6.03. The lowest BCUT2D eigenvalue weighted by molar-refractivity contribution is -0.120. The van der Waals surface area contributed by atoms with Gasteiger partial charge in [-0.15, -0.1) is 0 Å². The van der Waals surface area contributed by atoms with E-state index >= 15 is 0 Å². The van der Waals surface area contributed by atoms with Crippen LogP contribution in [0.15, 0.2) is 52.3 Å². The molecular formula is C21H21NO3. The number of allylic oxidation sites excluding steroid dienone is 2. The van der Waals surface area contributed by atoms with Gasteiger partial charge in [-0.1, -0.05) is 17.7 Å². The molecule has 1 aliphatic heterocycles. The van der Waals surface area contributed by atoms with Crippen LogP contribution in [0.3, 0.4) is 0 Å². The van der Waals surface area contributed by atoms with Crippen LogP contribution < -0.4 is 4.90 Å². The van der Waals surface area contributed by atoms with Crippen molar-refractivity contribution in [3.8, 4) is 0 Å². The fourth-order valence-corrected chi connectivity index (χ4v) is 4.06. The highest BCUT2D eigenvalue weighted by Crippen LogP contribution is 2.44. The summed E-state index contributed by atoms with van der Waals surface area (Å²) < 4.78 is 5.54. The summed E-state index contributed by atoms with van der Waals surface area (Å²) in [6.07, 6.45) is 3.95. The van der Waals surface area contributed by atoms with Crippen LogP contribution in [0, 0.1) is 13.8 Å². The fourth-order valence-electron chi connectivity index (χ4n) is 4.06. The lowest BCUT2D eigenvalue weighted by Crippen LogP contribution is -2.40. The standard InChI is InChI=1S/C21H21NO3/c1-13-8-9-16(14(2)11-13)22-17-5-3-6-18(23)21(17)15(12-20(22)24)19-7-4-10-25-19/h4,7-11,15H,3,5-6,12H2,1-2H3. The fraction of sp³-hybridized carbons (Fsp3) is 0.333. The number of amides is 1. The molecular weight excluding hydrogens is 314 g/mol. The molecule has 1 aromatic carbocycles. The van der Waals surface area contributed by atoms with Gasteiger partial charge in [0.2, 0.25) is 5.91 Å². The Morgan fingerprint density at radius 3 is 2.68 bits per heavy atom. The Labute approximate surface area is 147 Å². The topological polar surface area (TPSA) is 50.5 Å². The molecule has 2 heterocycles. The summed E-state index contributed by atoms with van der Waals surface area (Å²) in [6.45, 7) is 4.05. The van der Waals surface area contributed by atoms with Crippen molar-refractivity contribution in [1.82, 2.24) is 0 Å². The van der Waals surface area contributed by atoms with Crippen molar-refractivity contribution in [3.63, 3.8) is 0 Å². The maximum Gasteiger partial charge on any atom is 0.232 e. The molecule has 1 atom stereocenters. The number of carbonyl (C=O) groups is 2. The molecule has 4 nitrogen and oxygen atoms in total. The Morgan fingerprint density at radius 2 is 1.96 bits per heavy atom. The van der Waals surface area contributed by atoms with E-state index in [1.165, 1.54) is 0 Å². The normalized spacial score (nSPS) is 20.9. The maximum absolute atomic E-state index is 13.0. The average Bonchev–Trinajstić information content (AvgIpc) is 3.10. The number of Topliss-reactive ketones (excluding diaryl/α,β-unsaturated/α-hetero) is 1. The zero-order valence-electron chi connectivity index (χ0n) is 14.5. The number of benzene rings is 1. The molecule has 1 aromatic heterocycles. The minimum atomic E-state index is -0.257. The van der Waals surface area contributed by atoms with Crippen LogP contribution >= 0.6 is 0 Å². The van der Waals surface area contributed by atoms with E-state index in [0.717, 1.165) is 40.9 Å². The Bertz CT molecular complexity index is 877. The first-order chi connectivity index (χ1) is 12.1. The molecule has 25 heavy (non-hydrogen) atoms. The highest BCUT2D eigenvalue weighted by Gasteiger charge is 2.41. The lowest BCUT2D eigenvalue weighted by atomic mass is 9.79. The average molecular weight is 335 g/mol. The van der Waals surface area contributed by atoms with Crippen LogP contribution in [-0.4, -0.2) is 11.7 Å². The van der Waals surface area contributed by atoms with E-state index in [1.54, 1.807) is 11.2 Å². The monoisotopic (exact) mass is 335 g/mol. The van der Waals surface area contributed by atoms with Crippen LogP contribution in [0.4, 0.5) is 5.69 Å². The van der Waals surface area contributed by atoms with Crippen molar-refractivity contribution in [2.75, 3.05) is 4.90 Å². The number of hydrogen-bond acceptors (Lipinski definition) is 3. The zero-order valence-corrected chi connectivity index (χ0v) is 14.5. The van der Waals surface area contributed by atoms with Gasteiger partial charge in [0.15, 0.2) is 5.78 Å². The van der Waals surface area contributed by atoms with Gasteiger partial charge in [0.1, 0.15) is 5.76 Å². The number of rotatable bonds is 2. The molecule has 4 heteroatoms. The van der Waals surface area contributed by atoms with Gasteiger partial charge in [-0.05, 0) is 50.5 Å². The summed E-state index contributed by atoms with van der Waals surface area (Å²) in [6, 6.07) is 9.74. The number of ketones is 1. The molecule has 4 rings (SSSR count). The van der Waals surface area contributed by atoms with Crippen LogP contribution in [0.5, 0.6) is 0 Å². The van der Waals surface area contributed by atoms with Gasteiger partial charge in [-0.2, -0.15) is 0 Å². The van der Waals surface area contributed by atoms with Gasteiger partial charge >= 0.3 is 0 Å². The van der Waals surface area contributed by atoms with Crippen molar-refractivity contribution in [2.45, 2.75) is 45.4 Å². The lowest BCUT2D eigenvalue weighted by Gasteiger charge is -2.38. The Hall–Kier alpha value is -2.62. The predicted octanol–water partition coefficient (Wildman–Crippen LogP) is 4.42. The molecule has 1 unspecified atom stereocenters. The van der Waals surface area contributed by atoms with E-state index in [4.69, 9.17) is 4.42 Å². The highest BCUT2D eigenvalue weighted by molar-refractivity contribution is 6.07. The molecule has 0 N–H and O–H groups in total. The van der Waals surface area contributed by atoms with Crippen LogP contribution in [0.1, 0.15) is 48.5 Å². The van der Waals surface area contributed by atoms with Gasteiger partial charge in [-0.3, -0.25) is 14.5 Å². The van der Waals surface area contributed by atoms with E-state index in [9.17, 15) is 9.59 Å². The number of furan rings is 1. The van der Waals surface area contributed by atoms with Crippen molar-refractivity contribution < 1.29 is 14.0 Å². The van der Waals surface area contributed by atoms with E-state index in [1.807, 2.05) is 38.1 Å². The van der Waals surface area contributed by atoms with Crippen LogP contribution in [0.2, 0.25) is 0 Å². The number of hydrogen-bond donors (Lipinski definition) is 0. The minimum absolute atomic E-state index is 0.0294. The molecule has 0 saturated heterocycles. The summed E-state index contributed by atoms with van der Waals surface area (Å²) in [5, 5.41) is 0. The smallest absolute Gasteiger partial charge is 0.232 e. The molecule has 2 aliphatic rings. The Kier molecular flexibility index (Phi) is 3.83. The zero-order chi connectivity index (χ0) is 17.6. The number of nitrogens with zero attached hydrogens (tertiary/aromatic N) is 1. The third-order valence-electron chi connectivity index (χ3n) is 5.16. The van der Waals surface area contributed by atoms with E-state index < -0.39 is 0 Å². The van der Waals surface area contributed by atoms with Gasteiger partial charge in [-0.25, -0.2) is 0 Å². The predicted molar refractivity (Wildman–Crippen MR) is 95.4 cm³/mol. The molecule has 0 saturated carbocycles. The van der Waals surface area contributed by atoms with Gasteiger partial charge in [0, 0.05) is 24.1 Å². The van der Waals surface area contributed by atoms with Gasteiger partial charge in [0.25, 0.3) is 0 Å². The second-order valence-electron chi connectivity index (χ2n) is 6.93. The molecule has 1 aliphatic carbocycles. The summed E-state index contributed by atoms with van der Waals surface area (Å²) in [5.74, 6) is 0.621. The number of anilines is 1. The summed E-state index contributed by atoms with van der Waals surface area (Å²) >= 11 is 0. The number of carbonyl (C=O) groups excluding carboxylic acids is 2. The van der Waals surface area contributed by atoms with Crippen LogP contribution in [0.25, 0.3) is 0 Å². The minimum Gasteiger partial charge on any atom is -0.469 e. The molecule has 0 spiro atoms. The van der Waals surface area contributed by atoms with E-state index in [-0.39, 0.29) is 24.0 Å². The first-order valence-corrected chi connectivity index (χ1v) is 8.76. The van der Waals surface area contributed by atoms with Crippen molar-refractivity contribution >= 4 is 17.4 Å². The molecule has 0 bridgehead atoms. The SMILES string of the molecule is Cc1ccc(N2C(=O)CC(c3ccco3)C3=C2CCCC3=O)c(C)c1. The first-order valence-electron chi connectivity index (χ1n) is 8.76. The highest BCUT2D eigenvalue weighted by atomic mass is 16.3. The Balaban J connectivity index is 1.88. The quantitative estimate of drug-likeness (QED) is 0.816. The van der Waals surface area contributed by atoms with Crippen molar-refractivity contribution in [3.05, 3.63) is 64.8 Å². The summed E-state index contributed by atoms with van der Waals surface area (Å²) in [5.41, 5.74) is 4.72. The van der Waals surface area contributed by atoms with Gasteiger partial charge < -0.3 is 4.42 Å². The third-order valence-corrected chi connectivity index (χ3v) is 5.16. The van der Waals surface area contributed by atoms with Crippen LogP contribution in [-0.2, 0) is 9.59 Å². The van der Waals surface area contributed by atoms with E-state index in [0.29, 0.717) is 12.2 Å². The molecule has 2 aromatic rings. The molecule has 0 radical (unpaired) electrons. The van der Waals surface area contributed by atoms with E-state index in [2.05, 4.69) is 6.07 Å². The third kappa shape index (κ3) is 2.62. The van der Waals surface area contributed by atoms with Crippen molar-refractivity contribution in [1.29, 1.82) is 0 Å². The maximum atomic E-state index is 13.0. The van der Waals surface area contributed by atoms with Crippen molar-refractivity contribution in [2.24, 2.45) is 0 Å². The van der Waals surface area contributed by atoms with Gasteiger partial charge in [0.05, 0.1) is 17.9 Å². The summed E-state index contributed by atoms with van der Waals surface area (Å²) in [4.78, 5) is 27.5. The number of aryl methyl sites for hydroxylation is 2. The molecule has 128 valence electrons. The molecule has 1 amide bonds. The Morgan fingerprint density at radius 1 is 1.12 bits per heavy atom.